The van der Waals surface area contributed by atoms with Crippen LogP contribution >= 0.6 is 27.7 Å². The molecule has 2 amide bonds. The Bertz CT molecular complexity index is 1200. The van der Waals surface area contributed by atoms with Crippen molar-refractivity contribution >= 4 is 44.9 Å². The van der Waals surface area contributed by atoms with E-state index in [1.165, 1.54) is 10.5 Å². The van der Waals surface area contributed by atoms with E-state index in [-0.39, 0.29) is 11.1 Å². The van der Waals surface area contributed by atoms with Gasteiger partial charge in [-0.1, -0.05) is 60.7 Å². The van der Waals surface area contributed by atoms with E-state index >= 15 is 0 Å². The van der Waals surface area contributed by atoms with Crippen LogP contribution in [0.15, 0.2) is 82.2 Å². The highest BCUT2D eigenvalue weighted by Crippen LogP contribution is 2.39. The second-order valence-electron chi connectivity index (χ2n) is 7.73. The lowest BCUT2D eigenvalue weighted by atomic mass is 10.1. The largest absolute Gasteiger partial charge is 0.493 e. The monoisotopic (exact) mass is 537 g/mol. The van der Waals surface area contributed by atoms with Gasteiger partial charge >= 0.3 is 0 Å². The van der Waals surface area contributed by atoms with Crippen LogP contribution in [-0.2, 0) is 17.8 Å². The molecule has 1 aliphatic rings. The third kappa shape index (κ3) is 5.90. The maximum atomic E-state index is 12.9. The van der Waals surface area contributed by atoms with Gasteiger partial charge in [-0.05, 0) is 75.4 Å². The van der Waals surface area contributed by atoms with Crippen LogP contribution in [0.1, 0.15) is 23.1 Å². The van der Waals surface area contributed by atoms with Crippen LogP contribution < -0.4 is 9.47 Å². The molecule has 0 unspecified atom stereocenters. The van der Waals surface area contributed by atoms with Gasteiger partial charge in [-0.15, -0.1) is 0 Å². The number of aryl methyl sites for hydroxylation is 1. The molecule has 0 radical (unpaired) electrons. The fourth-order valence-electron chi connectivity index (χ4n) is 3.62. The van der Waals surface area contributed by atoms with Crippen molar-refractivity contribution in [1.82, 2.24) is 4.90 Å². The van der Waals surface area contributed by atoms with Gasteiger partial charge in [0.05, 0.1) is 16.5 Å². The van der Waals surface area contributed by atoms with Gasteiger partial charge in [0.2, 0.25) is 0 Å². The van der Waals surface area contributed by atoms with Crippen molar-refractivity contribution in [2.45, 2.75) is 19.4 Å². The van der Waals surface area contributed by atoms with E-state index < -0.39 is 0 Å². The zero-order chi connectivity index (χ0) is 23.9. The average Bonchev–Trinajstić information content (AvgIpc) is 3.11. The third-order valence-electron chi connectivity index (χ3n) is 5.34. The summed E-state index contributed by atoms with van der Waals surface area (Å²) in [6.07, 6.45) is 3.26. The van der Waals surface area contributed by atoms with Crippen LogP contribution in [0.2, 0.25) is 0 Å². The Morgan fingerprint density at radius 3 is 2.32 bits per heavy atom. The van der Waals surface area contributed by atoms with Crippen LogP contribution in [0.25, 0.3) is 6.08 Å². The van der Waals surface area contributed by atoms with E-state index in [4.69, 9.17) is 9.47 Å². The molecule has 1 aliphatic heterocycles. The molecule has 4 rings (SSSR count). The van der Waals surface area contributed by atoms with E-state index in [0.29, 0.717) is 34.0 Å². The average molecular weight is 538 g/mol. The predicted octanol–water partition coefficient (Wildman–Crippen LogP) is 6.71. The number of nitrogens with zero attached hydrogens (tertiary/aromatic N) is 1. The SMILES string of the molecule is COc1cc(/C=C2/SC(=O)N(CCCc3ccccc3)C2=O)cc(Br)c1OCc1ccccc1. The minimum Gasteiger partial charge on any atom is -0.493 e. The molecule has 7 heteroatoms. The van der Waals surface area contributed by atoms with E-state index in [9.17, 15) is 9.59 Å². The smallest absolute Gasteiger partial charge is 0.293 e. The Kier molecular flexibility index (Phi) is 8.08. The lowest BCUT2D eigenvalue weighted by Crippen LogP contribution is -2.29. The number of methoxy groups -OCH3 is 1. The highest BCUT2D eigenvalue weighted by molar-refractivity contribution is 9.10. The topological polar surface area (TPSA) is 55.8 Å². The van der Waals surface area contributed by atoms with Gasteiger partial charge < -0.3 is 9.47 Å². The Labute approximate surface area is 211 Å². The molecule has 0 atom stereocenters. The number of benzene rings is 3. The Morgan fingerprint density at radius 2 is 1.65 bits per heavy atom. The van der Waals surface area contributed by atoms with Gasteiger partial charge in [0.25, 0.3) is 11.1 Å². The number of amides is 2. The highest BCUT2D eigenvalue weighted by Gasteiger charge is 2.34. The number of hydrogen-bond donors (Lipinski definition) is 0. The van der Waals surface area contributed by atoms with Crippen LogP contribution in [-0.4, -0.2) is 29.7 Å². The summed E-state index contributed by atoms with van der Waals surface area (Å²) in [7, 11) is 1.57. The summed E-state index contributed by atoms with van der Waals surface area (Å²) in [6, 6.07) is 23.6. The Morgan fingerprint density at radius 1 is 0.971 bits per heavy atom. The van der Waals surface area contributed by atoms with Crippen LogP contribution in [0.3, 0.4) is 0 Å². The van der Waals surface area contributed by atoms with Crippen molar-refractivity contribution < 1.29 is 19.1 Å². The minimum absolute atomic E-state index is 0.238. The number of ether oxygens (including phenoxy) is 2. The molecule has 1 fully saturated rings. The molecule has 0 saturated carbocycles. The molecule has 0 bridgehead atoms. The van der Waals surface area contributed by atoms with Crippen molar-refractivity contribution in [1.29, 1.82) is 0 Å². The molecule has 0 spiro atoms. The van der Waals surface area contributed by atoms with Crippen molar-refractivity contribution in [3.8, 4) is 11.5 Å². The van der Waals surface area contributed by atoms with Crippen molar-refractivity contribution in [2.75, 3.05) is 13.7 Å². The van der Waals surface area contributed by atoms with Crippen LogP contribution in [0, 0.1) is 0 Å². The van der Waals surface area contributed by atoms with Gasteiger partial charge in [-0.2, -0.15) is 0 Å². The number of carbonyl (C=O) groups excluding carboxylic acids is 2. The quantitative estimate of drug-likeness (QED) is 0.284. The molecule has 3 aromatic carbocycles. The molecular weight excluding hydrogens is 514 g/mol. The second kappa shape index (κ2) is 11.4. The van der Waals surface area contributed by atoms with Crippen LogP contribution in [0.5, 0.6) is 11.5 Å². The summed E-state index contributed by atoms with van der Waals surface area (Å²) < 4.78 is 12.2. The third-order valence-corrected chi connectivity index (χ3v) is 6.84. The fourth-order valence-corrected chi connectivity index (χ4v) is 5.06. The number of rotatable bonds is 9. The lowest BCUT2D eigenvalue weighted by Gasteiger charge is -2.14. The zero-order valence-electron chi connectivity index (χ0n) is 18.7. The predicted molar refractivity (Wildman–Crippen MR) is 139 cm³/mol. The van der Waals surface area contributed by atoms with Crippen molar-refractivity contribution in [3.05, 3.63) is 98.9 Å². The summed E-state index contributed by atoms with van der Waals surface area (Å²) in [5, 5.41) is -0.238. The first-order chi connectivity index (χ1) is 16.5. The van der Waals surface area contributed by atoms with E-state index in [1.807, 2.05) is 66.7 Å². The highest BCUT2D eigenvalue weighted by atomic mass is 79.9. The maximum Gasteiger partial charge on any atom is 0.293 e. The summed E-state index contributed by atoms with van der Waals surface area (Å²) in [5.74, 6) is 0.860. The first-order valence-corrected chi connectivity index (χ1v) is 12.5. The molecule has 5 nitrogen and oxygen atoms in total. The molecule has 0 N–H and O–H groups in total. The van der Waals surface area contributed by atoms with E-state index in [2.05, 4.69) is 15.9 Å². The first-order valence-electron chi connectivity index (χ1n) is 10.9. The first kappa shape index (κ1) is 24.1. The summed E-state index contributed by atoms with van der Waals surface area (Å²) in [4.78, 5) is 27.1. The van der Waals surface area contributed by atoms with Crippen molar-refractivity contribution in [3.63, 3.8) is 0 Å². The fraction of sp³-hybridized carbons (Fsp3) is 0.185. The normalized spacial score (nSPS) is 14.6. The Hall–Kier alpha value is -3.03. The molecule has 174 valence electrons. The summed E-state index contributed by atoms with van der Waals surface area (Å²) in [6.45, 7) is 0.799. The van der Waals surface area contributed by atoms with E-state index in [0.717, 1.165) is 35.7 Å². The molecule has 1 saturated heterocycles. The molecule has 0 aromatic heterocycles. The number of hydrogen-bond acceptors (Lipinski definition) is 5. The standard InChI is InChI=1S/C27H24BrNO4S/c1-32-23-16-21(15-22(28)25(23)33-18-20-11-6-3-7-12-20)17-24-26(30)29(27(31)34-24)14-8-13-19-9-4-2-5-10-19/h2-7,9-12,15-17H,8,13-14,18H2,1H3/b24-17+. The molecular formula is C27H24BrNO4S. The van der Waals surface area contributed by atoms with Gasteiger partial charge in [0.1, 0.15) is 6.61 Å². The van der Waals surface area contributed by atoms with Gasteiger partial charge in [0, 0.05) is 6.54 Å². The second-order valence-corrected chi connectivity index (χ2v) is 9.58. The van der Waals surface area contributed by atoms with Gasteiger partial charge in [0.15, 0.2) is 11.5 Å². The molecule has 0 aliphatic carbocycles. The minimum atomic E-state index is -0.262. The van der Waals surface area contributed by atoms with E-state index in [1.54, 1.807) is 19.3 Å². The summed E-state index contributed by atoms with van der Waals surface area (Å²) >= 11 is 4.52. The van der Waals surface area contributed by atoms with Crippen molar-refractivity contribution in [2.24, 2.45) is 0 Å². The number of carbonyl (C=O) groups is 2. The molecule has 3 aromatic rings. The summed E-state index contributed by atoms with van der Waals surface area (Å²) in [5.41, 5.74) is 2.98. The molecule has 34 heavy (non-hydrogen) atoms. The number of thioether (sulfide) groups is 1. The zero-order valence-corrected chi connectivity index (χ0v) is 21.1. The van der Waals surface area contributed by atoms with Gasteiger partial charge in [-0.3, -0.25) is 14.5 Å². The van der Waals surface area contributed by atoms with Gasteiger partial charge in [-0.25, -0.2) is 0 Å². The Balaban J connectivity index is 1.44. The van der Waals surface area contributed by atoms with Crippen LogP contribution in [0.4, 0.5) is 4.79 Å². The number of imide groups is 1. The maximum absolute atomic E-state index is 12.9. The molecule has 1 heterocycles. The number of halogens is 1. The lowest BCUT2D eigenvalue weighted by molar-refractivity contribution is -0.122.